The Hall–Kier alpha value is -1.52. The Morgan fingerprint density at radius 3 is 3.04 bits per heavy atom. The third kappa shape index (κ3) is 1.23. The number of anilines is 1. The molecule has 126 valence electrons. The third-order valence-corrected chi connectivity index (χ3v) is 7.89. The number of para-hydroxylation sites is 1. The highest BCUT2D eigenvalue weighted by Gasteiger charge is 2.73. The van der Waals surface area contributed by atoms with E-state index in [0.717, 1.165) is 24.4 Å². The number of hydrogen-bond donors (Lipinski definition) is 2. The summed E-state index contributed by atoms with van der Waals surface area (Å²) in [6, 6.07) is 7.71. The van der Waals surface area contributed by atoms with E-state index in [0.29, 0.717) is 30.0 Å². The van der Waals surface area contributed by atoms with Gasteiger partial charge in [0.05, 0.1) is 24.9 Å². The lowest BCUT2D eigenvalue weighted by molar-refractivity contribution is -0.0318. The van der Waals surface area contributed by atoms with Crippen molar-refractivity contribution in [1.29, 1.82) is 0 Å². The van der Waals surface area contributed by atoms with E-state index in [-0.39, 0.29) is 11.5 Å². The van der Waals surface area contributed by atoms with E-state index < -0.39 is 0 Å². The fraction of sp³-hybridized carbons (Fsp3) is 0.600. The van der Waals surface area contributed by atoms with Gasteiger partial charge in [0, 0.05) is 30.0 Å². The molecule has 0 radical (unpaired) electrons. The van der Waals surface area contributed by atoms with E-state index in [2.05, 4.69) is 35.3 Å². The molecular weight excluding hydrogens is 300 g/mol. The summed E-state index contributed by atoms with van der Waals surface area (Å²) in [5.74, 6) is 1.88. The van der Waals surface area contributed by atoms with E-state index in [1.807, 2.05) is 6.07 Å². The van der Waals surface area contributed by atoms with Gasteiger partial charge in [0.1, 0.15) is 5.75 Å². The van der Waals surface area contributed by atoms with Crippen molar-refractivity contribution in [3.8, 4) is 5.75 Å². The molecule has 7 rings (SSSR count). The molecule has 1 aromatic rings. The maximum absolute atomic E-state index is 11.6. The first-order chi connectivity index (χ1) is 11.7. The number of aliphatic hydroxyl groups is 1. The van der Waals surface area contributed by atoms with Crippen LogP contribution in [0.5, 0.6) is 5.75 Å². The standard InChI is InChI=1S/C20H24N2O2/c1-3-10-9-22-13-7-11(10)16-14(22)8-20(19(16)23)12-5-4-6-15(24-2)17(12)21-18(13)20/h3-6,11,13-14,16,18-19,21,23H,7-9H2,1-2H3/t11-,13-,14-,16-,18-,19-,20+/m0/s1. The van der Waals surface area contributed by atoms with Crippen LogP contribution in [-0.2, 0) is 5.41 Å². The molecule has 1 unspecified atom stereocenters. The summed E-state index contributed by atoms with van der Waals surface area (Å²) in [5.41, 5.74) is 3.84. The van der Waals surface area contributed by atoms with Gasteiger partial charge in [-0.25, -0.2) is 0 Å². The van der Waals surface area contributed by atoms with Crippen LogP contribution in [0.15, 0.2) is 29.8 Å². The summed E-state index contributed by atoms with van der Waals surface area (Å²) in [7, 11) is 1.74. The number of methoxy groups -OCH3 is 1. The third-order valence-electron chi connectivity index (χ3n) is 7.89. The first kappa shape index (κ1) is 13.7. The fourth-order valence-corrected chi connectivity index (χ4v) is 7.09. The Morgan fingerprint density at radius 2 is 2.25 bits per heavy atom. The van der Waals surface area contributed by atoms with Gasteiger partial charge in [0.25, 0.3) is 0 Å². The molecule has 5 heterocycles. The zero-order chi connectivity index (χ0) is 16.2. The smallest absolute Gasteiger partial charge is 0.142 e. The Labute approximate surface area is 142 Å². The number of hydrogen-bond acceptors (Lipinski definition) is 4. The molecule has 5 bridgehead atoms. The van der Waals surface area contributed by atoms with Crippen molar-refractivity contribution in [2.24, 2.45) is 11.8 Å². The average Bonchev–Trinajstić information content (AvgIpc) is 3.08. The van der Waals surface area contributed by atoms with Gasteiger partial charge in [-0.2, -0.15) is 0 Å². The molecule has 1 aliphatic carbocycles. The molecular formula is C20H24N2O2. The fourth-order valence-electron chi connectivity index (χ4n) is 7.09. The summed E-state index contributed by atoms with van der Waals surface area (Å²) < 4.78 is 5.61. The first-order valence-corrected chi connectivity index (χ1v) is 9.23. The van der Waals surface area contributed by atoms with Crippen LogP contribution in [0.1, 0.15) is 25.3 Å². The van der Waals surface area contributed by atoms with Crippen LogP contribution < -0.4 is 10.1 Å². The lowest BCUT2D eigenvalue weighted by Crippen LogP contribution is -2.66. The second-order valence-electron chi connectivity index (χ2n) is 8.28. The topological polar surface area (TPSA) is 44.7 Å². The zero-order valence-corrected chi connectivity index (χ0v) is 14.2. The Morgan fingerprint density at radius 1 is 1.38 bits per heavy atom. The van der Waals surface area contributed by atoms with Gasteiger partial charge < -0.3 is 15.2 Å². The van der Waals surface area contributed by atoms with Gasteiger partial charge >= 0.3 is 0 Å². The molecule has 0 aromatic heterocycles. The van der Waals surface area contributed by atoms with Gasteiger partial charge in [0.15, 0.2) is 0 Å². The maximum atomic E-state index is 11.6. The van der Waals surface area contributed by atoms with Gasteiger partial charge in [-0.1, -0.05) is 23.8 Å². The number of fused-ring (bicyclic) bond motifs is 2. The van der Waals surface area contributed by atoms with Gasteiger partial charge in [-0.15, -0.1) is 0 Å². The molecule has 2 N–H and O–H groups in total. The maximum Gasteiger partial charge on any atom is 0.142 e. The van der Waals surface area contributed by atoms with E-state index in [1.165, 1.54) is 12.0 Å². The number of nitrogens with zero attached hydrogens (tertiary/aromatic N) is 1. The number of nitrogens with one attached hydrogen (secondary N) is 1. The van der Waals surface area contributed by atoms with Crippen molar-refractivity contribution >= 4 is 5.69 Å². The predicted octanol–water partition coefficient (Wildman–Crippen LogP) is 2.14. The molecule has 1 aromatic carbocycles. The Kier molecular flexibility index (Phi) is 2.39. The van der Waals surface area contributed by atoms with Crippen molar-refractivity contribution in [1.82, 2.24) is 4.90 Å². The van der Waals surface area contributed by atoms with E-state index in [4.69, 9.17) is 4.74 Å². The van der Waals surface area contributed by atoms with E-state index >= 15 is 0 Å². The monoisotopic (exact) mass is 324 g/mol. The normalized spacial score (nSPS) is 50.8. The molecule has 1 spiro atoms. The number of allylic oxidation sites excluding steroid dienone is 1. The Bertz CT molecular complexity index is 775. The molecule has 1 saturated carbocycles. The molecule has 24 heavy (non-hydrogen) atoms. The summed E-state index contributed by atoms with van der Waals surface area (Å²) in [6.45, 7) is 3.26. The van der Waals surface area contributed by atoms with Crippen LogP contribution in [0.3, 0.4) is 0 Å². The second kappa shape index (κ2) is 4.17. The summed E-state index contributed by atoms with van der Waals surface area (Å²) in [5, 5.41) is 15.4. The van der Waals surface area contributed by atoms with E-state index in [1.54, 1.807) is 12.7 Å². The largest absolute Gasteiger partial charge is 0.495 e. The van der Waals surface area contributed by atoms with Crippen LogP contribution in [0.25, 0.3) is 0 Å². The van der Waals surface area contributed by atoms with Crippen LogP contribution in [0.4, 0.5) is 5.69 Å². The minimum absolute atomic E-state index is 0.127. The highest BCUT2D eigenvalue weighted by Crippen LogP contribution is 2.67. The first-order valence-electron chi connectivity index (χ1n) is 9.23. The average molecular weight is 324 g/mol. The van der Waals surface area contributed by atoms with Gasteiger partial charge in [-0.05, 0) is 37.3 Å². The summed E-state index contributed by atoms with van der Waals surface area (Å²) in [4.78, 5) is 2.70. The predicted molar refractivity (Wildman–Crippen MR) is 92.3 cm³/mol. The molecule has 4 heteroatoms. The van der Waals surface area contributed by atoms with Crippen LogP contribution >= 0.6 is 0 Å². The number of piperidine rings is 4. The molecule has 4 nitrogen and oxygen atoms in total. The molecule has 5 aliphatic heterocycles. The van der Waals surface area contributed by atoms with Gasteiger partial charge in [-0.3, -0.25) is 4.90 Å². The molecule has 4 saturated heterocycles. The number of benzene rings is 1. The second-order valence-corrected chi connectivity index (χ2v) is 8.28. The highest BCUT2D eigenvalue weighted by molar-refractivity contribution is 5.72. The van der Waals surface area contributed by atoms with Crippen LogP contribution in [0.2, 0.25) is 0 Å². The number of ether oxygens (including phenoxy) is 1. The van der Waals surface area contributed by atoms with Crippen molar-refractivity contribution in [2.45, 2.75) is 49.4 Å². The summed E-state index contributed by atoms with van der Waals surface area (Å²) in [6.07, 6.45) is 4.31. The quantitative estimate of drug-likeness (QED) is 0.777. The van der Waals surface area contributed by atoms with Crippen LogP contribution in [0, 0.1) is 11.8 Å². The SMILES string of the molecule is CC=C1CN2[C@H]3C[C@@]45c6cccc(OC)c6N[C@H]4[C@@H]2C[C@@H]1[C@@H]3[C@@H]5O. The highest BCUT2D eigenvalue weighted by atomic mass is 16.5. The zero-order valence-electron chi connectivity index (χ0n) is 14.2. The summed E-state index contributed by atoms with van der Waals surface area (Å²) >= 11 is 0. The molecule has 8 atom stereocenters. The lowest BCUT2D eigenvalue weighted by atomic mass is 9.65. The van der Waals surface area contributed by atoms with Crippen LogP contribution in [-0.4, -0.2) is 47.9 Å². The van der Waals surface area contributed by atoms with Crippen molar-refractivity contribution in [3.05, 3.63) is 35.4 Å². The minimum Gasteiger partial charge on any atom is -0.495 e. The van der Waals surface area contributed by atoms with Gasteiger partial charge in [0.2, 0.25) is 0 Å². The molecule has 5 fully saturated rings. The van der Waals surface area contributed by atoms with E-state index in [9.17, 15) is 5.11 Å². The van der Waals surface area contributed by atoms with Crippen molar-refractivity contribution in [3.63, 3.8) is 0 Å². The number of rotatable bonds is 1. The van der Waals surface area contributed by atoms with Crippen molar-refractivity contribution in [2.75, 3.05) is 19.0 Å². The Balaban J connectivity index is 1.58. The number of aliphatic hydroxyl groups excluding tert-OH is 1. The molecule has 6 aliphatic rings. The minimum atomic E-state index is -0.261. The molecule has 0 amide bonds. The van der Waals surface area contributed by atoms with Crippen molar-refractivity contribution < 1.29 is 9.84 Å². The lowest BCUT2D eigenvalue weighted by Gasteiger charge is -2.57.